The highest BCUT2D eigenvalue weighted by Crippen LogP contribution is 2.29. The lowest BCUT2D eigenvalue weighted by atomic mass is 10.1. The molecule has 4 heteroatoms. The van der Waals surface area contributed by atoms with Crippen LogP contribution in [0.1, 0.15) is 30.7 Å². The van der Waals surface area contributed by atoms with Gasteiger partial charge in [-0.1, -0.05) is 0 Å². The quantitative estimate of drug-likeness (QED) is 0.825. The van der Waals surface area contributed by atoms with Crippen LogP contribution in [0.5, 0.6) is 0 Å². The molecule has 0 bridgehead atoms. The third-order valence-electron chi connectivity index (χ3n) is 3.01. The van der Waals surface area contributed by atoms with Gasteiger partial charge in [0.2, 0.25) is 5.95 Å². The van der Waals surface area contributed by atoms with Crippen LogP contribution in [0.15, 0.2) is 6.07 Å². The highest BCUT2D eigenvalue weighted by molar-refractivity contribution is 6.20. The van der Waals surface area contributed by atoms with Gasteiger partial charge in [-0.25, -0.2) is 9.97 Å². The number of anilines is 1. The summed E-state index contributed by atoms with van der Waals surface area (Å²) in [5.41, 5.74) is 2.02. The molecule has 1 N–H and O–H groups in total. The van der Waals surface area contributed by atoms with Crippen LogP contribution in [-0.2, 0) is 0 Å². The number of alkyl halides is 1. The second-order valence-corrected chi connectivity index (χ2v) is 5.25. The van der Waals surface area contributed by atoms with Crippen molar-refractivity contribution in [2.24, 2.45) is 5.92 Å². The van der Waals surface area contributed by atoms with E-state index in [1.54, 1.807) is 0 Å². The number of halogens is 1. The summed E-state index contributed by atoms with van der Waals surface area (Å²) < 4.78 is 0. The molecular weight excluding hydrogens is 222 g/mol. The Hall–Kier alpha value is -0.830. The molecule has 1 fully saturated rings. The molecule has 0 aromatic carbocycles. The maximum absolute atomic E-state index is 6.08. The topological polar surface area (TPSA) is 37.8 Å². The van der Waals surface area contributed by atoms with E-state index in [4.69, 9.17) is 11.6 Å². The van der Waals surface area contributed by atoms with Crippen molar-refractivity contribution in [2.75, 3.05) is 11.9 Å². The van der Waals surface area contributed by atoms with Gasteiger partial charge in [0.15, 0.2) is 0 Å². The fourth-order valence-electron chi connectivity index (χ4n) is 2.24. The fourth-order valence-corrected chi connectivity index (χ4v) is 2.62. The van der Waals surface area contributed by atoms with Gasteiger partial charge in [0.1, 0.15) is 0 Å². The largest absolute Gasteiger partial charge is 0.354 e. The summed E-state index contributed by atoms with van der Waals surface area (Å²) in [7, 11) is 0. The summed E-state index contributed by atoms with van der Waals surface area (Å²) in [4.78, 5) is 8.72. The van der Waals surface area contributed by atoms with Crippen LogP contribution in [0, 0.1) is 19.8 Å². The first-order chi connectivity index (χ1) is 7.63. The van der Waals surface area contributed by atoms with Gasteiger partial charge >= 0.3 is 0 Å². The van der Waals surface area contributed by atoms with E-state index in [0.717, 1.165) is 36.7 Å². The SMILES string of the molecule is Cc1cc(C)nc(NCC2CCC(Cl)C2)n1. The Morgan fingerprint density at radius 2 is 2.00 bits per heavy atom. The number of aromatic nitrogens is 2. The first-order valence-corrected chi connectivity index (χ1v) is 6.27. The van der Waals surface area contributed by atoms with Crippen LogP contribution in [-0.4, -0.2) is 21.9 Å². The van der Waals surface area contributed by atoms with E-state index in [2.05, 4.69) is 15.3 Å². The van der Waals surface area contributed by atoms with Gasteiger partial charge in [0.05, 0.1) is 0 Å². The Morgan fingerprint density at radius 1 is 1.31 bits per heavy atom. The van der Waals surface area contributed by atoms with Crippen LogP contribution in [0.2, 0.25) is 0 Å². The maximum Gasteiger partial charge on any atom is 0.223 e. The normalized spacial score (nSPS) is 24.7. The van der Waals surface area contributed by atoms with Crippen molar-refractivity contribution in [3.63, 3.8) is 0 Å². The lowest BCUT2D eigenvalue weighted by Gasteiger charge is -2.11. The summed E-state index contributed by atoms with van der Waals surface area (Å²) in [5, 5.41) is 3.68. The molecule has 1 aromatic heterocycles. The molecule has 1 aliphatic rings. The van der Waals surface area contributed by atoms with E-state index in [0.29, 0.717) is 11.3 Å². The summed E-state index contributed by atoms with van der Waals surface area (Å²) in [5.74, 6) is 1.42. The predicted octanol–water partition coefficient (Wildman–Crippen LogP) is 2.91. The van der Waals surface area contributed by atoms with E-state index in [1.165, 1.54) is 6.42 Å². The van der Waals surface area contributed by atoms with Crippen molar-refractivity contribution < 1.29 is 0 Å². The predicted molar refractivity (Wildman–Crippen MR) is 67.0 cm³/mol. The smallest absolute Gasteiger partial charge is 0.223 e. The number of aryl methyl sites for hydroxylation is 2. The maximum atomic E-state index is 6.08. The van der Waals surface area contributed by atoms with Crippen molar-refractivity contribution in [1.29, 1.82) is 0 Å². The Labute approximate surface area is 102 Å². The second-order valence-electron chi connectivity index (χ2n) is 4.63. The molecule has 2 atom stereocenters. The number of rotatable bonds is 3. The summed E-state index contributed by atoms with van der Waals surface area (Å²) >= 11 is 6.08. The molecule has 0 spiro atoms. The third-order valence-corrected chi connectivity index (χ3v) is 3.40. The zero-order valence-electron chi connectivity index (χ0n) is 9.83. The van der Waals surface area contributed by atoms with Gasteiger partial charge in [-0.2, -0.15) is 0 Å². The lowest BCUT2D eigenvalue weighted by molar-refractivity contribution is 0.578. The van der Waals surface area contributed by atoms with Crippen molar-refractivity contribution in [1.82, 2.24) is 9.97 Å². The molecule has 1 aliphatic carbocycles. The van der Waals surface area contributed by atoms with Crippen LogP contribution in [0.4, 0.5) is 5.95 Å². The minimum absolute atomic E-state index is 0.368. The van der Waals surface area contributed by atoms with E-state index >= 15 is 0 Å². The molecule has 0 radical (unpaired) electrons. The van der Waals surface area contributed by atoms with E-state index in [1.807, 2.05) is 19.9 Å². The van der Waals surface area contributed by atoms with Gasteiger partial charge in [-0.05, 0) is 45.1 Å². The average molecular weight is 240 g/mol. The molecule has 1 aromatic rings. The van der Waals surface area contributed by atoms with E-state index < -0.39 is 0 Å². The summed E-state index contributed by atoms with van der Waals surface area (Å²) in [6.07, 6.45) is 3.47. The third kappa shape index (κ3) is 3.08. The summed E-state index contributed by atoms with van der Waals surface area (Å²) in [6.45, 7) is 4.92. The van der Waals surface area contributed by atoms with Gasteiger partial charge in [-0.15, -0.1) is 11.6 Å². The van der Waals surface area contributed by atoms with Crippen molar-refractivity contribution in [2.45, 2.75) is 38.5 Å². The molecule has 0 aliphatic heterocycles. The Bertz CT molecular complexity index is 347. The zero-order valence-corrected chi connectivity index (χ0v) is 10.6. The molecular formula is C12H18ClN3. The Balaban J connectivity index is 1.89. The molecule has 0 saturated heterocycles. The number of hydrogen-bond acceptors (Lipinski definition) is 3. The van der Waals surface area contributed by atoms with Gasteiger partial charge in [0, 0.05) is 23.3 Å². The first-order valence-electron chi connectivity index (χ1n) is 5.83. The first kappa shape index (κ1) is 11.6. The Kier molecular flexibility index (Phi) is 3.64. The van der Waals surface area contributed by atoms with Gasteiger partial charge in [0.25, 0.3) is 0 Å². The van der Waals surface area contributed by atoms with Crippen molar-refractivity contribution in [3.05, 3.63) is 17.5 Å². The highest BCUT2D eigenvalue weighted by atomic mass is 35.5. The molecule has 0 amide bonds. The molecule has 1 heterocycles. The van der Waals surface area contributed by atoms with Crippen molar-refractivity contribution >= 4 is 17.5 Å². The average Bonchev–Trinajstić information content (AvgIpc) is 2.60. The lowest BCUT2D eigenvalue weighted by Crippen LogP contribution is -2.14. The molecule has 88 valence electrons. The van der Waals surface area contributed by atoms with Crippen LogP contribution < -0.4 is 5.32 Å². The molecule has 1 saturated carbocycles. The molecule has 2 rings (SSSR count). The fraction of sp³-hybridized carbons (Fsp3) is 0.667. The van der Waals surface area contributed by atoms with E-state index in [9.17, 15) is 0 Å². The van der Waals surface area contributed by atoms with E-state index in [-0.39, 0.29) is 0 Å². The van der Waals surface area contributed by atoms with Crippen molar-refractivity contribution in [3.8, 4) is 0 Å². The summed E-state index contributed by atoms with van der Waals surface area (Å²) in [6, 6.07) is 1.98. The zero-order chi connectivity index (χ0) is 11.5. The standard InChI is InChI=1S/C12H18ClN3/c1-8-5-9(2)16-12(15-8)14-7-10-3-4-11(13)6-10/h5,10-11H,3-4,6-7H2,1-2H3,(H,14,15,16). The number of nitrogens with zero attached hydrogens (tertiary/aromatic N) is 2. The van der Waals surface area contributed by atoms with Crippen LogP contribution in [0.25, 0.3) is 0 Å². The van der Waals surface area contributed by atoms with Crippen LogP contribution in [0.3, 0.4) is 0 Å². The van der Waals surface area contributed by atoms with Gasteiger partial charge < -0.3 is 5.32 Å². The monoisotopic (exact) mass is 239 g/mol. The Morgan fingerprint density at radius 3 is 2.56 bits per heavy atom. The second kappa shape index (κ2) is 5.00. The van der Waals surface area contributed by atoms with Crippen LogP contribution >= 0.6 is 11.6 Å². The molecule has 2 unspecified atom stereocenters. The molecule has 3 nitrogen and oxygen atoms in total. The number of nitrogens with one attached hydrogen (secondary N) is 1. The minimum Gasteiger partial charge on any atom is -0.354 e. The molecule has 16 heavy (non-hydrogen) atoms. The number of hydrogen-bond donors (Lipinski definition) is 1. The highest BCUT2D eigenvalue weighted by Gasteiger charge is 2.22. The minimum atomic E-state index is 0.368. The van der Waals surface area contributed by atoms with Gasteiger partial charge in [-0.3, -0.25) is 0 Å².